The zero-order valence-electron chi connectivity index (χ0n) is 18.5. The summed E-state index contributed by atoms with van der Waals surface area (Å²) in [5, 5.41) is 2.55. The number of hydrogen-bond donors (Lipinski definition) is 2. The zero-order valence-corrected chi connectivity index (χ0v) is 19.3. The Kier molecular flexibility index (Phi) is 7.85. The van der Waals surface area contributed by atoms with Crippen molar-refractivity contribution in [1.82, 2.24) is 5.32 Å². The summed E-state index contributed by atoms with van der Waals surface area (Å²) in [6, 6.07) is 16.1. The molecule has 0 aliphatic heterocycles. The molecule has 3 aromatic rings. The van der Waals surface area contributed by atoms with Gasteiger partial charge in [-0.3, -0.25) is 9.52 Å². The number of nitrogens with one attached hydrogen (secondary N) is 2. The van der Waals surface area contributed by atoms with Crippen molar-refractivity contribution < 1.29 is 31.9 Å². The van der Waals surface area contributed by atoms with Crippen molar-refractivity contribution in [3.05, 3.63) is 89.2 Å². The van der Waals surface area contributed by atoms with Crippen LogP contribution in [0.15, 0.2) is 71.6 Å². The summed E-state index contributed by atoms with van der Waals surface area (Å²) in [5.41, 5.74) is 1.91. The molecule has 0 heterocycles. The average molecular weight is 487 g/mol. The number of hydrogen-bond acceptors (Lipinski definition) is 6. The Morgan fingerprint density at radius 2 is 1.65 bits per heavy atom. The summed E-state index contributed by atoms with van der Waals surface area (Å²) in [7, 11) is -2.78. The van der Waals surface area contributed by atoms with E-state index in [0.717, 1.165) is 11.6 Å². The van der Waals surface area contributed by atoms with Crippen LogP contribution in [0.4, 0.5) is 10.1 Å². The van der Waals surface area contributed by atoms with E-state index < -0.39 is 28.5 Å². The molecule has 0 aromatic heterocycles. The summed E-state index contributed by atoms with van der Waals surface area (Å²) in [6.45, 7) is 1.43. The first-order chi connectivity index (χ1) is 16.2. The third kappa shape index (κ3) is 6.55. The largest absolute Gasteiger partial charge is 0.495 e. The summed E-state index contributed by atoms with van der Waals surface area (Å²) in [6.07, 6.45) is 0. The predicted molar refractivity (Wildman–Crippen MR) is 124 cm³/mol. The van der Waals surface area contributed by atoms with Crippen LogP contribution in [0.1, 0.15) is 21.5 Å². The number of ether oxygens (including phenoxy) is 2. The predicted octanol–water partition coefficient (Wildman–Crippen LogP) is 3.42. The van der Waals surface area contributed by atoms with Gasteiger partial charge in [-0.15, -0.1) is 0 Å². The van der Waals surface area contributed by atoms with Crippen molar-refractivity contribution in [3.8, 4) is 5.75 Å². The normalized spacial score (nSPS) is 10.9. The summed E-state index contributed by atoms with van der Waals surface area (Å²) in [4.78, 5) is 24.2. The number of carbonyl (C=O) groups excluding carboxylic acids is 2. The molecule has 178 valence electrons. The van der Waals surface area contributed by atoms with Gasteiger partial charge in [0.25, 0.3) is 15.9 Å². The first-order valence-electron chi connectivity index (χ1n) is 10.1. The van der Waals surface area contributed by atoms with Crippen molar-refractivity contribution in [2.45, 2.75) is 18.4 Å². The fourth-order valence-electron chi connectivity index (χ4n) is 2.91. The third-order valence-corrected chi connectivity index (χ3v) is 6.13. The lowest BCUT2D eigenvalue weighted by molar-refractivity contribution is -0.124. The molecule has 0 spiro atoms. The molecule has 0 atom stereocenters. The maximum Gasteiger partial charge on any atom is 0.338 e. The van der Waals surface area contributed by atoms with Crippen molar-refractivity contribution in [1.29, 1.82) is 0 Å². The molecule has 3 rings (SSSR count). The lowest BCUT2D eigenvalue weighted by atomic mass is 10.2. The van der Waals surface area contributed by atoms with E-state index in [9.17, 15) is 22.4 Å². The first-order valence-corrected chi connectivity index (χ1v) is 11.6. The summed E-state index contributed by atoms with van der Waals surface area (Å²) >= 11 is 0. The molecule has 0 aliphatic carbocycles. The van der Waals surface area contributed by atoms with Gasteiger partial charge in [0.1, 0.15) is 16.5 Å². The van der Waals surface area contributed by atoms with E-state index in [1.807, 2.05) is 6.92 Å². The number of halogens is 1. The van der Waals surface area contributed by atoms with E-state index in [2.05, 4.69) is 10.0 Å². The fraction of sp³-hybridized carbons (Fsp3) is 0.167. The molecule has 0 radical (unpaired) electrons. The molecular weight excluding hydrogens is 463 g/mol. The van der Waals surface area contributed by atoms with E-state index >= 15 is 0 Å². The minimum absolute atomic E-state index is 0.0354. The maximum absolute atomic E-state index is 12.9. The molecule has 0 saturated carbocycles. The quantitative estimate of drug-likeness (QED) is 0.449. The number of benzene rings is 3. The second kappa shape index (κ2) is 10.8. The topological polar surface area (TPSA) is 111 Å². The van der Waals surface area contributed by atoms with Gasteiger partial charge in [0.05, 0.1) is 12.7 Å². The van der Waals surface area contributed by atoms with Crippen molar-refractivity contribution in [2.75, 3.05) is 18.4 Å². The second-order valence-electron chi connectivity index (χ2n) is 7.32. The number of anilines is 1. The first kappa shape index (κ1) is 24.7. The van der Waals surface area contributed by atoms with E-state index in [1.165, 1.54) is 43.5 Å². The van der Waals surface area contributed by atoms with Gasteiger partial charge in [0.2, 0.25) is 0 Å². The minimum atomic E-state index is -4.09. The Bertz CT molecular complexity index is 1280. The van der Waals surface area contributed by atoms with Gasteiger partial charge in [-0.2, -0.15) is 0 Å². The molecule has 0 unspecified atom stereocenters. The molecule has 0 aliphatic rings. The van der Waals surface area contributed by atoms with E-state index in [0.29, 0.717) is 11.3 Å². The lowest BCUT2D eigenvalue weighted by Crippen LogP contribution is -2.28. The van der Waals surface area contributed by atoms with Crippen LogP contribution >= 0.6 is 0 Å². The number of esters is 1. The van der Waals surface area contributed by atoms with Crippen LogP contribution in [0.3, 0.4) is 0 Å². The molecule has 1 amide bonds. The van der Waals surface area contributed by atoms with Gasteiger partial charge in [-0.25, -0.2) is 17.6 Å². The Morgan fingerprint density at radius 1 is 0.971 bits per heavy atom. The minimum Gasteiger partial charge on any atom is -0.495 e. The maximum atomic E-state index is 12.9. The molecule has 8 nitrogen and oxygen atoms in total. The Hall–Kier alpha value is -3.92. The summed E-state index contributed by atoms with van der Waals surface area (Å²) < 4.78 is 51.4. The standard InChI is InChI=1S/C24H23FN2O6S/c1-16-3-10-20(11-4-16)27-34(30,31)22-13-18(7-12-21(22)32-2)24(29)33-15-23(28)26-14-17-5-8-19(25)9-6-17/h3-13,27H,14-15H2,1-2H3,(H,26,28). The number of aryl methyl sites for hydroxylation is 1. The molecule has 34 heavy (non-hydrogen) atoms. The van der Waals surface area contributed by atoms with Crippen molar-refractivity contribution in [3.63, 3.8) is 0 Å². The Morgan fingerprint density at radius 3 is 2.29 bits per heavy atom. The number of rotatable bonds is 9. The molecule has 3 aromatic carbocycles. The molecule has 0 saturated heterocycles. The molecule has 0 fully saturated rings. The number of amides is 1. The highest BCUT2D eigenvalue weighted by atomic mass is 32.2. The average Bonchev–Trinajstić information content (AvgIpc) is 2.83. The Balaban J connectivity index is 1.66. The van der Waals surface area contributed by atoms with E-state index in [4.69, 9.17) is 9.47 Å². The molecule has 10 heteroatoms. The molecular formula is C24H23FN2O6S. The third-order valence-electron chi connectivity index (χ3n) is 4.73. The van der Waals surface area contributed by atoms with Crippen molar-refractivity contribution in [2.24, 2.45) is 0 Å². The van der Waals surface area contributed by atoms with Crippen LogP contribution in [0.2, 0.25) is 0 Å². The molecule has 2 N–H and O–H groups in total. The van der Waals surface area contributed by atoms with Gasteiger partial charge >= 0.3 is 5.97 Å². The van der Waals surface area contributed by atoms with E-state index in [1.54, 1.807) is 24.3 Å². The monoisotopic (exact) mass is 486 g/mol. The summed E-state index contributed by atoms with van der Waals surface area (Å²) in [5.74, 6) is -1.81. The zero-order chi connectivity index (χ0) is 24.7. The van der Waals surface area contributed by atoms with Crippen LogP contribution < -0.4 is 14.8 Å². The van der Waals surface area contributed by atoms with Gasteiger partial charge in [-0.05, 0) is 55.0 Å². The molecule has 0 bridgehead atoms. The van der Waals surface area contributed by atoms with Gasteiger partial charge in [0, 0.05) is 12.2 Å². The Labute approximate surface area is 196 Å². The SMILES string of the molecule is COc1ccc(C(=O)OCC(=O)NCc2ccc(F)cc2)cc1S(=O)(=O)Nc1ccc(C)cc1. The van der Waals surface area contributed by atoms with Gasteiger partial charge in [0.15, 0.2) is 6.61 Å². The van der Waals surface area contributed by atoms with Crippen LogP contribution in [0, 0.1) is 12.7 Å². The van der Waals surface area contributed by atoms with Crippen LogP contribution in [-0.2, 0) is 26.1 Å². The number of methoxy groups -OCH3 is 1. The van der Waals surface area contributed by atoms with Crippen molar-refractivity contribution >= 4 is 27.6 Å². The van der Waals surface area contributed by atoms with Crippen LogP contribution in [0.5, 0.6) is 5.75 Å². The lowest BCUT2D eigenvalue weighted by Gasteiger charge is -2.13. The van der Waals surface area contributed by atoms with Crippen LogP contribution in [0.25, 0.3) is 0 Å². The highest BCUT2D eigenvalue weighted by Gasteiger charge is 2.23. The highest BCUT2D eigenvalue weighted by Crippen LogP contribution is 2.27. The van der Waals surface area contributed by atoms with Gasteiger partial charge in [-0.1, -0.05) is 29.8 Å². The van der Waals surface area contributed by atoms with E-state index in [-0.39, 0.29) is 28.6 Å². The second-order valence-corrected chi connectivity index (χ2v) is 8.97. The fourth-order valence-corrected chi connectivity index (χ4v) is 4.17. The van der Waals surface area contributed by atoms with Crippen LogP contribution in [-0.4, -0.2) is 34.0 Å². The van der Waals surface area contributed by atoms with Gasteiger partial charge < -0.3 is 14.8 Å². The number of sulfonamides is 1. The highest BCUT2D eigenvalue weighted by molar-refractivity contribution is 7.92. The number of carbonyl (C=O) groups is 2. The smallest absolute Gasteiger partial charge is 0.338 e.